The highest BCUT2D eigenvalue weighted by Crippen LogP contribution is 2.24. The van der Waals surface area contributed by atoms with Crippen LogP contribution in [0, 0.1) is 5.41 Å². The molecule has 0 aliphatic carbocycles. The van der Waals surface area contributed by atoms with E-state index in [4.69, 9.17) is 4.84 Å². The summed E-state index contributed by atoms with van der Waals surface area (Å²) in [5.74, 6) is -0.806. The highest BCUT2D eigenvalue weighted by atomic mass is 16.7. The van der Waals surface area contributed by atoms with Crippen LogP contribution in [0.5, 0.6) is 0 Å². The summed E-state index contributed by atoms with van der Waals surface area (Å²) in [5.41, 5.74) is -0.603. The van der Waals surface area contributed by atoms with Crippen molar-refractivity contribution in [3.8, 4) is 0 Å². The maximum atomic E-state index is 11.8. The van der Waals surface area contributed by atoms with Crippen molar-refractivity contribution in [2.75, 3.05) is 7.05 Å². The van der Waals surface area contributed by atoms with Crippen molar-refractivity contribution in [3.63, 3.8) is 0 Å². The van der Waals surface area contributed by atoms with E-state index in [-0.39, 0.29) is 18.7 Å². The predicted molar refractivity (Wildman–Crippen MR) is 62.8 cm³/mol. The molecule has 0 saturated carbocycles. The van der Waals surface area contributed by atoms with Gasteiger partial charge in [0.1, 0.15) is 6.29 Å². The number of hydrogen-bond donors (Lipinski definition) is 0. The number of carbonyl (C=O) groups is 3. The fourth-order valence-corrected chi connectivity index (χ4v) is 1.37. The van der Waals surface area contributed by atoms with Crippen molar-refractivity contribution >= 4 is 18.2 Å². The third-order valence-electron chi connectivity index (χ3n) is 2.47. The fraction of sp³-hybridized carbons (Fsp3) is 0.750. The lowest BCUT2D eigenvalue weighted by Crippen LogP contribution is -2.36. The van der Waals surface area contributed by atoms with Gasteiger partial charge < -0.3 is 9.63 Å². The summed E-state index contributed by atoms with van der Waals surface area (Å²) < 4.78 is 0. The molecule has 0 aliphatic heterocycles. The quantitative estimate of drug-likeness (QED) is 0.526. The minimum atomic E-state index is -0.603. The average Bonchev–Trinajstić information content (AvgIpc) is 2.25. The van der Waals surface area contributed by atoms with Crippen molar-refractivity contribution in [1.29, 1.82) is 0 Å². The molecule has 0 rings (SSSR count). The monoisotopic (exact) mass is 243 g/mol. The van der Waals surface area contributed by atoms with E-state index in [2.05, 4.69) is 0 Å². The molecule has 0 radical (unpaired) electrons. The van der Waals surface area contributed by atoms with Crippen molar-refractivity contribution in [1.82, 2.24) is 5.06 Å². The maximum absolute atomic E-state index is 11.8. The summed E-state index contributed by atoms with van der Waals surface area (Å²) in [6, 6.07) is 0. The molecule has 0 fully saturated rings. The zero-order chi connectivity index (χ0) is 13.5. The first-order valence-corrected chi connectivity index (χ1v) is 5.77. The molecule has 0 aromatic heterocycles. The van der Waals surface area contributed by atoms with Gasteiger partial charge in [0.05, 0.1) is 5.41 Å². The second-order valence-electron chi connectivity index (χ2n) is 4.61. The van der Waals surface area contributed by atoms with Gasteiger partial charge in [0.2, 0.25) is 0 Å². The molecule has 0 atom stereocenters. The van der Waals surface area contributed by atoms with E-state index in [1.165, 1.54) is 7.05 Å². The number of aldehydes is 1. The normalized spacial score (nSPS) is 10.8. The first-order chi connectivity index (χ1) is 7.85. The van der Waals surface area contributed by atoms with Crippen LogP contribution >= 0.6 is 0 Å². The standard InChI is InChI=1S/C12H21NO4/c1-5-8-12(2,3)11(16)17-13(4)10(15)7-6-9-14/h9H,5-8H2,1-4H3. The minimum Gasteiger partial charge on any atom is -0.338 e. The molecule has 0 aliphatic rings. The van der Waals surface area contributed by atoms with Gasteiger partial charge in [0.15, 0.2) is 0 Å². The van der Waals surface area contributed by atoms with E-state index in [0.29, 0.717) is 12.7 Å². The highest BCUT2D eigenvalue weighted by molar-refractivity contribution is 5.81. The van der Waals surface area contributed by atoms with E-state index in [1.54, 1.807) is 13.8 Å². The maximum Gasteiger partial charge on any atom is 0.338 e. The molecule has 1 amide bonds. The van der Waals surface area contributed by atoms with E-state index < -0.39 is 11.4 Å². The lowest BCUT2D eigenvalue weighted by molar-refractivity contribution is -0.201. The second kappa shape index (κ2) is 7.04. The molecule has 0 spiro atoms. The van der Waals surface area contributed by atoms with Crippen LogP contribution in [0.25, 0.3) is 0 Å². The lowest BCUT2D eigenvalue weighted by Gasteiger charge is -2.24. The Morgan fingerprint density at radius 1 is 1.35 bits per heavy atom. The molecule has 0 unspecified atom stereocenters. The number of amides is 1. The molecule has 0 heterocycles. The molecule has 5 heteroatoms. The van der Waals surface area contributed by atoms with Crippen molar-refractivity contribution in [2.45, 2.75) is 46.5 Å². The Morgan fingerprint density at radius 3 is 2.41 bits per heavy atom. The van der Waals surface area contributed by atoms with Crippen LogP contribution in [-0.4, -0.2) is 30.3 Å². The summed E-state index contributed by atoms with van der Waals surface area (Å²) in [6.07, 6.45) is 2.42. The van der Waals surface area contributed by atoms with Crippen LogP contribution in [0.4, 0.5) is 0 Å². The number of nitrogens with zero attached hydrogens (tertiary/aromatic N) is 1. The molecule has 5 nitrogen and oxygen atoms in total. The number of rotatable bonds is 6. The van der Waals surface area contributed by atoms with E-state index in [1.807, 2.05) is 6.92 Å². The summed E-state index contributed by atoms with van der Waals surface area (Å²) in [4.78, 5) is 38.2. The number of carbonyl (C=O) groups excluding carboxylic acids is 3. The smallest absolute Gasteiger partial charge is 0.338 e. The molecule has 0 aromatic carbocycles. The van der Waals surface area contributed by atoms with Gasteiger partial charge in [0, 0.05) is 19.9 Å². The Kier molecular flexibility index (Phi) is 6.46. The van der Waals surface area contributed by atoms with Crippen LogP contribution in [0.15, 0.2) is 0 Å². The predicted octanol–water partition coefficient (Wildman–Crippen LogP) is 1.71. The second-order valence-corrected chi connectivity index (χ2v) is 4.61. The molecule has 0 N–H and O–H groups in total. The van der Waals surface area contributed by atoms with Gasteiger partial charge in [-0.25, -0.2) is 4.79 Å². The Bertz CT molecular complexity index is 286. The molecule has 0 aromatic rings. The minimum absolute atomic E-state index is 0.0570. The van der Waals surface area contributed by atoms with Crippen LogP contribution in [0.3, 0.4) is 0 Å². The third-order valence-corrected chi connectivity index (χ3v) is 2.47. The van der Waals surface area contributed by atoms with Crippen LogP contribution < -0.4 is 0 Å². The molecular weight excluding hydrogens is 222 g/mol. The Hall–Kier alpha value is -1.39. The van der Waals surface area contributed by atoms with Crippen LogP contribution in [0.2, 0.25) is 0 Å². The average molecular weight is 243 g/mol. The summed E-state index contributed by atoms with van der Waals surface area (Å²) in [7, 11) is 1.38. The van der Waals surface area contributed by atoms with Gasteiger partial charge in [-0.1, -0.05) is 13.3 Å². The van der Waals surface area contributed by atoms with Gasteiger partial charge >= 0.3 is 5.97 Å². The van der Waals surface area contributed by atoms with Crippen molar-refractivity contribution in [2.24, 2.45) is 5.41 Å². The van der Waals surface area contributed by atoms with E-state index >= 15 is 0 Å². The van der Waals surface area contributed by atoms with Crippen molar-refractivity contribution in [3.05, 3.63) is 0 Å². The summed E-state index contributed by atoms with van der Waals surface area (Å²) in [6.45, 7) is 5.54. The fourth-order valence-electron chi connectivity index (χ4n) is 1.37. The van der Waals surface area contributed by atoms with Crippen LogP contribution in [0.1, 0.15) is 46.5 Å². The van der Waals surface area contributed by atoms with Gasteiger partial charge in [-0.15, -0.1) is 0 Å². The van der Waals surface area contributed by atoms with Gasteiger partial charge in [0.25, 0.3) is 5.91 Å². The first-order valence-electron chi connectivity index (χ1n) is 5.77. The first kappa shape index (κ1) is 15.6. The summed E-state index contributed by atoms with van der Waals surface area (Å²) >= 11 is 0. The Morgan fingerprint density at radius 2 is 1.94 bits per heavy atom. The number of hydroxylamine groups is 2. The van der Waals surface area contributed by atoms with E-state index in [0.717, 1.165) is 11.5 Å². The highest BCUT2D eigenvalue weighted by Gasteiger charge is 2.30. The van der Waals surface area contributed by atoms with Gasteiger partial charge in [-0.3, -0.25) is 4.79 Å². The van der Waals surface area contributed by atoms with Gasteiger partial charge in [-0.2, -0.15) is 5.06 Å². The summed E-state index contributed by atoms with van der Waals surface area (Å²) in [5, 5.41) is 0.906. The largest absolute Gasteiger partial charge is 0.338 e. The molecule has 0 saturated heterocycles. The molecule has 17 heavy (non-hydrogen) atoms. The van der Waals surface area contributed by atoms with Gasteiger partial charge in [-0.05, 0) is 20.3 Å². The lowest BCUT2D eigenvalue weighted by atomic mass is 9.88. The zero-order valence-corrected chi connectivity index (χ0v) is 11.0. The third kappa shape index (κ3) is 5.47. The Balaban J connectivity index is 4.28. The molecule has 98 valence electrons. The Labute approximate surface area is 102 Å². The molecular formula is C12H21NO4. The zero-order valence-electron chi connectivity index (χ0n) is 11.0. The van der Waals surface area contributed by atoms with Crippen LogP contribution in [-0.2, 0) is 19.2 Å². The van der Waals surface area contributed by atoms with E-state index in [9.17, 15) is 14.4 Å². The number of hydrogen-bond acceptors (Lipinski definition) is 4. The SMILES string of the molecule is CCCC(C)(C)C(=O)ON(C)C(=O)CCC=O. The topological polar surface area (TPSA) is 63.7 Å². The molecule has 0 bridgehead atoms. The van der Waals surface area contributed by atoms with Crippen molar-refractivity contribution < 1.29 is 19.2 Å².